The normalized spacial score (nSPS) is 27.0. The summed E-state index contributed by atoms with van der Waals surface area (Å²) in [6.07, 6.45) is 0. The van der Waals surface area contributed by atoms with Crippen LogP contribution in [0.1, 0.15) is 11.5 Å². The van der Waals surface area contributed by atoms with Gasteiger partial charge in [0.15, 0.2) is 9.84 Å². The predicted molar refractivity (Wildman–Crippen MR) is 92.6 cm³/mol. The molecule has 1 fully saturated rings. The zero-order chi connectivity index (χ0) is 16.8. The highest BCUT2D eigenvalue weighted by Crippen LogP contribution is 2.55. The summed E-state index contributed by atoms with van der Waals surface area (Å²) < 4.78 is 25.9. The molecule has 0 aromatic heterocycles. The lowest BCUT2D eigenvalue weighted by Crippen LogP contribution is -2.39. The Morgan fingerprint density at radius 3 is 2.26 bits per heavy atom. The minimum Gasteiger partial charge on any atom is -0.329 e. The molecule has 2 aromatic carbocycles. The quantitative estimate of drug-likeness (QED) is 0.865. The Kier molecular flexibility index (Phi) is 4.19. The summed E-state index contributed by atoms with van der Waals surface area (Å²) in [4.78, 5) is 0.194. The van der Waals surface area contributed by atoms with E-state index in [1.807, 2.05) is 6.07 Å². The molecule has 0 heterocycles. The van der Waals surface area contributed by atoms with Crippen LogP contribution in [-0.2, 0) is 9.84 Å². The van der Waals surface area contributed by atoms with Gasteiger partial charge in [-0.1, -0.05) is 35.3 Å². The number of hydrogen-bond acceptors (Lipinski definition) is 4. The van der Waals surface area contributed by atoms with Crippen LogP contribution in [0, 0.1) is 0 Å². The molecule has 3 atom stereocenters. The zero-order valence-electron chi connectivity index (χ0n) is 12.1. The van der Waals surface area contributed by atoms with Crippen molar-refractivity contribution in [1.29, 1.82) is 0 Å². The number of benzene rings is 2. The average Bonchev–Trinajstić information content (AvgIpc) is 3.15. The lowest BCUT2D eigenvalue weighted by molar-refractivity contribution is 0.586. The van der Waals surface area contributed by atoms with Crippen molar-refractivity contribution in [2.45, 2.75) is 21.6 Å². The summed E-state index contributed by atoms with van der Waals surface area (Å²) in [5.74, 6) is -0.383. The largest absolute Gasteiger partial charge is 0.329 e. The topological polar surface area (TPSA) is 86.2 Å². The third kappa shape index (κ3) is 2.77. The van der Waals surface area contributed by atoms with Gasteiger partial charge in [-0.15, -0.1) is 0 Å². The molecule has 4 N–H and O–H groups in total. The summed E-state index contributed by atoms with van der Waals surface area (Å²) >= 11 is 11.8. The van der Waals surface area contributed by atoms with Crippen molar-refractivity contribution in [3.05, 3.63) is 64.1 Å². The molecule has 0 bridgehead atoms. The van der Waals surface area contributed by atoms with E-state index in [2.05, 4.69) is 0 Å². The van der Waals surface area contributed by atoms with Gasteiger partial charge in [0.05, 0.1) is 15.7 Å². The second-order valence-electron chi connectivity index (χ2n) is 5.77. The molecule has 23 heavy (non-hydrogen) atoms. The molecule has 0 spiro atoms. The van der Waals surface area contributed by atoms with E-state index < -0.39 is 20.6 Å². The Balaban J connectivity index is 2.03. The van der Waals surface area contributed by atoms with Crippen LogP contribution in [0.5, 0.6) is 0 Å². The Bertz CT molecular complexity index is 839. The lowest BCUT2D eigenvalue weighted by atomic mass is 10.1. The molecule has 7 heteroatoms. The van der Waals surface area contributed by atoms with E-state index in [1.165, 1.54) is 12.1 Å². The van der Waals surface area contributed by atoms with Gasteiger partial charge in [0.1, 0.15) is 0 Å². The molecular weight excluding hydrogens is 355 g/mol. The highest BCUT2D eigenvalue weighted by molar-refractivity contribution is 7.92. The van der Waals surface area contributed by atoms with Gasteiger partial charge >= 0.3 is 0 Å². The van der Waals surface area contributed by atoms with Gasteiger partial charge in [-0.2, -0.15) is 0 Å². The van der Waals surface area contributed by atoms with Crippen LogP contribution >= 0.6 is 23.2 Å². The molecule has 0 unspecified atom stereocenters. The second-order valence-corrected chi connectivity index (χ2v) is 8.71. The van der Waals surface area contributed by atoms with Crippen LogP contribution in [0.15, 0.2) is 53.4 Å². The zero-order valence-corrected chi connectivity index (χ0v) is 14.4. The maximum absolute atomic E-state index is 12.9. The summed E-state index contributed by atoms with van der Waals surface area (Å²) in [7, 11) is -3.62. The first-order valence-electron chi connectivity index (χ1n) is 7.04. The fourth-order valence-corrected chi connectivity index (χ4v) is 5.73. The molecule has 0 saturated heterocycles. The molecule has 0 radical (unpaired) electrons. The molecule has 2 aromatic rings. The van der Waals surface area contributed by atoms with Crippen molar-refractivity contribution in [3.8, 4) is 0 Å². The van der Waals surface area contributed by atoms with Crippen molar-refractivity contribution < 1.29 is 8.42 Å². The number of nitrogens with two attached hydrogens (primary N) is 2. The smallest absolute Gasteiger partial charge is 0.183 e. The van der Waals surface area contributed by atoms with E-state index in [1.54, 1.807) is 30.3 Å². The molecule has 0 amide bonds. The Hall–Kier alpha value is -1.11. The first-order valence-corrected chi connectivity index (χ1v) is 9.35. The van der Waals surface area contributed by atoms with E-state index in [-0.39, 0.29) is 17.4 Å². The summed E-state index contributed by atoms with van der Waals surface area (Å²) in [5, 5.41) is 0.236. The van der Waals surface area contributed by atoms with Gasteiger partial charge in [0, 0.05) is 22.5 Å². The highest BCUT2D eigenvalue weighted by atomic mass is 35.5. The summed E-state index contributed by atoms with van der Waals surface area (Å²) in [5.41, 5.74) is 11.9. The van der Waals surface area contributed by atoms with Crippen molar-refractivity contribution in [2.24, 2.45) is 11.5 Å². The van der Waals surface area contributed by atoms with E-state index >= 15 is 0 Å². The van der Waals surface area contributed by atoms with Gasteiger partial charge in [-0.25, -0.2) is 8.42 Å². The number of hydrogen-bond donors (Lipinski definition) is 2. The third-order valence-electron chi connectivity index (χ3n) is 4.34. The highest BCUT2D eigenvalue weighted by Gasteiger charge is 2.68. The molecule has 0 aliphatic heterocycles. The van der Waals surface area contributed by atoms with Crippen LogP contribution in [0.25, 0.3) is 0 Å². The van der Waals surface area contributed by atoms with Gasteiger partial charge < -0.3 is 11.5 Å². The molecule has 1 aliphatic rings. The van der Waals surface area contributed by atoms with Gasteiger partial charge in [0.2, 0.25) is 0 Å². The number of halogens is 2. The molecule has 1 aliphatic carbocycles. The molecule has 1 saturated carbocycles. The molecule has 122 valence electrons. The van der Waals surface area contributed by atoms with Crippen LogP contribution < -0.4 is 11.5 Å². The standard InChI is InChI=1S/C16H16Cl2N2O2S/c17-11-4-6-13(7-5-11)23(21,22)15-14(16(15,20)9-19)10-2-1-3-12(18)8-10/h1-8,14-15H,9,19-20H2/t14-,15+,16-/m1/s1. The first-order chi connectivity index (χ1) is 10.8. The monoisotopic (exact) mass is 370 g/mol. The molecule has 3 rings (SSSR count). The van der Waals surface area contributed by atoms with Crippen molar-refractivity contribution in [1.82, 2.24) is 0 Å². The van der Waals surface area contributed by atoms with Crippen molar-refractivity contribution in [3.63, 3.8) is 0 Å². The fraction of sp³-hybridized carbons (Fsp3) is 0.250. The van der Waals surface area contributed by atoms with Gasteiger partial charge in [-0.05, 0) is 42.0 Å². The predicted octanol–water partition coefficient (Wildman–Crippen LogP) is 2.59. The number of rotatable bonds is 4. The Labute approximate surface area is 145 Å². The first kappa shape index (κ1) is 16.7. The van der Waals surface area contributed by atoms with Crippen molar-refractivity contribution >= 4 is 33.0 Å². The maximum atomic E-state index is 12.9. The SMILES string of the molecule is NC[C@@]1(N)[C@H](c2cccc(Cl)c2)[C@@H]1S(=O)(=O)c1ccc(Cl)cc1. The maximum Gasteiger partial charge on any atom is 0.183 e. The minimum atomic E-state index is -3.62. The van der Waals surface area contributed by atoms with Gasteiger partial charge in [-0.3, -0.25) is 0 Å². The van der Waals surface area contributed by atoms with Crippen molar-refractivity contribution in [2.75, 3.05) is 6.54 Å². The summed E-state index contributed by atoms with van der Waals surface area (Å²) in [6, 6.07) is 13.1. The van der Waals surface area contributed by atoms with E-state index in [9.17, 15) is 8.42 Å². The van der Waals surface area contributed by atoms with Crippen LogP contribution in [-0.4, -0.2) is 25.8 Å². The second kappa shape index (κ2) is 5.76. The van der Waals surface area contributed by atoms with E-state index in [4.69, 9.17) is 34.7 Å². The summed E-state index contributed by atoms with van der Waals surface area (Å²) in [6.45, 7) is 0.0711. The third-order valence-corrected chi connectivity index (χ3v) is 7.14. The average molecular weight is 371 g/mol. The van der Waals surface area contributed by atoms with Gasteiger partial charge in [0.25, 0.3) is 0 Å². The van der Waals surface area contributed by atoms with Crippen LogP contribution in [0.2, 0.25) is 10.0 Å². The van der Waals surface area contributed by atoms with Crippen LogP contribution in [0.4, 0.5) is 0 Å². The fourth-order valence-electron chi connectivity index (χ4n) is 3.09. The number of sulfone groups is 1. The molecule has 4 nitrogen and oxygen atoms in total. The van der Waals surface area contributed by atoms with E-state index in [0.717, 1.165) is 5.56 Å². The van der Waals surface area contributed by atoms with Crippen LogP contribution in [0.3, 0.4) is 0 Å². The Morgan fingerprint density at radius 1 is 1.04 bits per heavy atom. The Morgan fingerprint density at radius 2 is 1.70 bits per heavy atom. The van der Waals surface area contributed by atoms with E-state index in [0.29, 0.717) is 10.0 Å². The lowest BCUT2D eigenvalue weighted by Gasteiger charge is -2.09. The molecular formula is C16H16Cl2N2O2S. The minimum absolute atomic E-state index is 0.0711.